The maximum Gasteiger partial charge on any atom is 0.276 e. The molecule has 7 heteroatoms. The fourth-order valence-electron chi connectivity index (χ4n) is 4.80. The van der Waals surface area contributed by atoms with E-state index in [4.69, 9.17) is 16.0 Å². The number of hydrogen-bond acceptors (Lipinski definition) is 3. The van der Waals surface area contributed by atoms with E-state index in [9.17, 15) is 9.59 Å². The van der Waals surface area contributed by atoms with Crippen molar-refractivity contribution in [3.05, 3.63) is 53.4 Å². The highest BCUT2D eigenvalue weighted by atomic mass is 35.5. The summed E-state index contributed by atoms with van der Waals surface area (Å²) in [5.41, 5.74) is 1.55. The van der Waals surface area contributed by atoms with Gasteiger partial charge in [-0.15, -0.1) is 0 Å². The number of nitrogens with zero attached hydrogens (tertiary/aromatic N) is 2. The highest BCUT2D eigenvalue weighted by Gasteiger charge is 2.49. The van der Waals surface area contributed by atoms with Crippen LogP contribution in [-0.4, -0.2) is 28.0 Å². The third-order valence-corrected chi connectivity index (χ3v) is 6.67. The van der Waals surface area contributed by atoms with Crippen LogP contribution in [0.25, 0.3) is 11.1 Å². The first-order chi connectivity index (χ1) is 14.5. The molecule has 3 aromatic rings. The van der Waals surface area contributed by atoms with Gasteiger partial charge in [0.2, 0.25) is 5.91 Å². The normalized spacial score (nSPS) is 22.3. The van der Waals surface area contributed by atoms with E-state index >= 15 is 0 Å². The number of fused-ring (bicyclic) bond motifs is 3. The Labute approximate surface area is 179 Å². The average Bonchev–Trinajstić information content (AvgIpc) is 3.33. The molecule has 1 aromatic carbocycles. The second-order valence-corrected chi connectivity index (χ2v) is 8.92. The second-order valence-electron chi connectivity index (χ2n) is 8.49. The molecule has 2 aromatic heterocycles. The zero-order valence-electron chi connectivity index (χ0n) is 16.9. The van der Waals surface area contributed by atoms with E-state index in [1.54, 1.807) is 41.5 Å². The van der Waals surface area contributed by atoms with Crippen LogP contribution in [0.5, 0.6) is 0 Å². The Kier molecular flexibility index (Phi) is 4.62. The lowest BCUT2D eigenvalue weighted by Crippen LogP contribution is -2.65. The predicted molar refractivity (Wildman–Crippen MR) is 116 cm³/mol. The van der Waals surface area contributed by atoms with Gasteiger partial charge in [0.1, 0.15) is 11.2 Å². The molecule has 0 radical (unpaired) electrons. The first-order valence-corrected chi connectivity index (χ1v) is 10.8. The van der Waals surface area contributed by atoms with Gasteiger partial charge in [-0.05, 0) is 44.0 Å². The number of nitrogens with one attached hydrogen (secondary N) is 1. The first-order valence-electron chi connectivity index (χ1n) is 10.5. The lowest BCUT2D eigenvalue weighted by molar-refractivity contribution is -0.127. The van der Waals surface area contributed by atoms with Crippen LogP contribution < -0.4 is 10.2 Å². The molecule has 156 valence electrons. The summed E-state index contributed by atoms with van der Waals surface area (Å²) in [5, 5.41) is 3.81. The van der Waals surface area contributed by atoms with Crippen molar-refractivity contribution >= 4 is 40.2 Å². The molecule has 1 N–H and O–H groups in total. The zero-order chi connectivity index (χ0) is 20.9. The van der Waals surface area contributed by atoms with Gasteiger partial charge in [-0.25, -0.2) is 0 Å². The number of aromatic nitrogens is 1. The minimum Gasteiger partial charge on any atom is -0.463 e. The molecular formula is C23H24ClN3O3. The van der Waals surface area contributed by atoms with Gasteiger partial charge in [0.05, 0.1) is 18.3 Å². The van der Waals surface area contributed by atoms with Gasteiger partial charge in [0.25, 0.3) is 5.91 Å². The molecule has 1 atom stereocenters. The van der Waals surface area contributed by atoms with Crippen LogP contribution in [0.15, 0.2) is 47.1 Å². The quantitative estimate of drug-likeness (QED) is 0.658. The predicted octanol–water partition coefficient (Wildman–Crippen LogP) is 4.76. The number of furan rings is 1. The molecule has 2 amide bonds. The Morgan fingerprint density at radius 1 is 1.17 bits per heavy atom. The number of carbonyl (C=O) groups is 2. The van der Waals surface area contributed by atoms with Crippen molar-refractivity contribution < 1.29 is 14.0 Å². The summed E-state index contributed by atoms with van der Waals surface area (Å²) in [4.78, 5) is 28.9. The molecule has 0 unspecified atom stereocenters. The Morgan fingerprint density at radius 3 is 2.63 bits per heavy atom. The number of halogens is 1. The van der Waals surface area contributed by atoms with Gasteiger partial charge in [-0.1, -0.05) is 30.9 Å². The highest BCUT2D eigenvalue weighted by molar-refractivity contribution is 6.30. The molecule has 3 heterocycles. The molecule has 0 spiro atoms. The Bertz CT molecular complexity index is 1110. The molecule has 5 rings (SSSR count). The summed E-state index contributed by atoms with van der Waals surface area (Å²) in [6, 6.07) is 10.8. The summed E-state index contributed by atoms with van der Waals surface area (Å²) >= 11 is 6.07. The van der Waals surface area contributed by atoms with Crippen LogP contribution in [0.2, 0.25) is 5.02 Å². The number of hydrogen-bond donors (Lipinski definition) is 1. The number of carbonyl (C=O) groups excluding carboxylic acids is 2. The minimum atomic E-state index is -1.08. The monoisotopic (exact) mass is 425 g/mol. The maximum absolute atomic E-state index is 13.6. The van der Waals surface area contributed by atoms with Crippen LogP contribution in [-0.2, 0) is 11.3 Å². The fraction of sp³-hybridized carbons (Fsp3) is 0.391. The van der Waals surface area contributed by atoms with E-state index in [2.05, 4.69) is 5.32 Å². The van der Waals surface area contributed by atoms with Gasteiger partial charge in [-0.3, -0.25) is 14.5 Å². The van der Waals surface area contributed by atoms with Crippen molar-refractivity contribution in [2.45, 2.75) is 57.2 Å². The molecule has 30 heavy (non-hydrogen) atoms. The average molecular weight is 426 g/mol. The summed E-state index contributed by atoms with van der Waals surface area (Å²) in [6.45, 7) is 2.19. The lowest BCUT2D eigenvalue weighted by atomic mass is 9.91. The molecule has 2 aliphatic rings. The van der Waals surface area contributed by atoms with Crippen LogP contribution in [0, 0.1) is 0 Å². The molecule has 1 fully saturated rings. The van der Waals surface area contributed by atoms with Crippen molar-refractivity contribution in [2.75, 3.05) is 4.90 Å². The SMILES string of the molecule is C[C@@]1(C(=O)NC2CCCCC2)Cn2c(cc3occc32)C(=O)N1c1ccc(Cl)cc1. The summed E-state index contributed by atoms with van der Waals surface area (Å²) in [5.74, 6) is -0.357. The van der Waals surface area contributed by atoms with Crippen LogP contribution >= 0.6 is 11.6 Å². The number of anilines is 1. The van der Waals surface area contributed by atoms with Crippen LogP contribution in [0.1, 0.15) is 49.5 Å². The van der Waals surface area contributed by atoms with E-state index in [0.29, 0.717) is 28.5 Å². The lowest BCUT2D eigenvalue weighted by Gasteiger charge is -2.44. The van der Waals surface area contributed by atoms with Crippen molar-refractivity contribution in [3.8, 4) is 0 Å². The Hall–Kier alpha value is -2.73. The molecule has 6 nitrogen and oxygen atoms in total. The van der Waals surface area contributed by atoms with Crippen molar-refractivity contribution in [1.82, 2.24) is 9.88 Å². The third-order valence-electron chi connectivity index (χ3n) is 6.42. The van der Waals surface area contributed by atoms with E-state index in [1.807, 2.05) is 17.6 Å². The highest BCUT2D eigenvalue weighted by Crippen LogP contribution is 2.36. The number of benzene rings is 1. The van der Waals surface area contributed by atoms with E-state index in [1.165, 1.54) is 6.42 Å². The third kappa shape index (κ3) is 3.01. The molecule has 1 aliphatic heterocycles. The van der Waals surface area contributed by atoms with Crippen molar-refractivity contribution in [3.63, 3.8) is 0 Å². The number of amides is 2. The topological polar surface area (TPSA) is 67.5 Å². The van der Waals surface area contributed by atoms with Crippen molar-refractivity contribution in [2.24, 2.45) is 0 Å². The van der Waals surface area contributed by atoms with Gasteiger partial charge < -0.3 is 14.3 Å². The summed E-state index contributed by atoms with van der Waals surface area (Å²) < 4.78 is 7.41. The van der Waals surface area contributed by atoms with E-state index in [-0.39, 0.29) is 17.9 Å². The fourth-order valence-corrected chi connectivity index (χ4v) is 4.92. The smallest absolute Gasteiger partial charge is 0.276 e. The van der Waals surface area contributed by atoms with Gasteiger partial charge in [-0.2, -0.15) is 0 Å². The molecule has 1 saturated carbocycles. The second kappa shape index (κ2) is 7.20. The molecular weight excluding hydrogens is 402 g/mol. The largest absolute Gasteiger partial charge is 0.463 e. The van der Waals surface area contributed by atoms with Gasteiger partial charge >= 0.3 is 0 Å². The van der Waals surface area contributed by atoms with Gasteiger partial charge in [0, 0.05) is 28.9 Å². The molecule has 0 saturated heterocycles. The van der Waals surface area contributed by atoms with Crippen LogP contribution in [0.3, 0.4) is 0 Å². The molecule has 1 aliphatic carbocycles. The summed E-state index contributed by atoms with van der Waals surface area (Å²) in [6.07, 6.45) is 7.03. The Balaban J connectivity index is 1.59. The summed E-state index contributed by atoms with van der Waals surface area (Å²) in [7, 11) is 0. The standard InChI is InChI=1S/C23H24ClN3O3/c1-23(22(29)25-16-5-3-2-4-6-16)14-26-18-11-12-30-20(18)13-19(26)21(28)27(23)17-9-7-15(24)8-10-17/h7-13,16H,2-6,14H2,1H3,(H,25,29)/t23-/m0/s1. The van der Waals surface area contributed by atoms with Crippen LogP contribution in [0.4, 0.5) is 5.69 Å². The van der Waals surface area contributed by atoms with Gasteiger partial charge in [0.15, 0.2) is 5.58 Å². The maximum atomic E-state index is 13.6. The van der Waals surface area contributed by atoms with Crippen molar-refractivity contribution in [1.29, 1.82) is 0 Å². The number of rotatable bonds is 3. The molecule has 0 bridgehead atoms. The first kappa shape index (κ1) is 19.2. The van der Waals surface area contributed by atoms with E-state index < -0.39 is 5.54 Å². The van der Waals surface area contributed by atoms with E-state index in [0.717, 1.165) is 31.2 Å². The Morgan fingerprint density at radius 2 is 1.90 bits per heavy atom. The zero-order valence-corrected chi connectivity index (χ0v) is 17.6. The minimum absolute atomic E-state index is 0.131.